The zero-order valence-corrected chi connectivity index (χ0v) is 16.2. The van der Waals surface area contributed by atoms with Gasteiger partial charge in [-0.15, -0.1) is 10.2 Å². The lowest BCUT2D eigenvalue weighted by molar-refractivity contribution is -0.115. The van der Waals surface area contributed by atoms with Gasteiger partial charge >= 0.3 is 0 Å². The molecular weight excluding hydrogens is 426 g/mol. The van der Waals surface area contributed by atoms with Crippen LogP contribution in [0.2, 0.25) is 5.02 Å². The number of nitrogens with zero attached hydrogens (tertiary/aromatic N) is 2. The number of hydrogen-bond acceptors (Lipinski definition) is 5. The van der Waals surface area contributed by atoms with Crippen molar-refractivity contribution in [1.29, 1.82) is 0 Å². The monoisotopic (exact) mass is 437 g/mol. The molecule has 0 saturated carbocycles. The predicted octanol–water partition coefficient (Wildman–Crippen LogP) is 5.27. The van der Waals surface area contributed by atoms with Crippen LogP contribution in [0.4, 0.5) is 5.69 Å². The molecule has 1 heterocycles. The number of hydrogen-bond donors (Lipinski definition) is 1. The molecule has 0 fully saturated rings. The number of aromatic nitrogens is 2. The van der Waals surface area contributed by atoms with Crippen LogP contribution in [0.1, 0.15) is 6.92 Å². The molecule has 0 spiro atoms. The van der Waals surface area contributed by atoms with E-state index in [1.54, 1.807) is 31.2 Å². The standard InChI is InChI=1S/C17H13BrClN3O2S/c1-10(15(23)20-14-8-6-13(19)7-9-14)25-17-22-21-16(24-17)11-2-4-12(18)5-3-11/h2-10H,1H3,(H,20,23). The van der Waals surface area contributed by atoms with Gasteiger partial charge in [-0.3, -0.25) is 4.79 Å². The normalized spacial score (nSPS) is 12.0. The van der Waals surface area contributed by atoms with E-state index in [1.165, 1.54) is 11.8 Å². The maximum atomic E-state index is 12.3. The fraction of sp³-hybridized carbons (Fsp3) is 0.118. The quantitative estimate of drug-likeness (QED) is 0.549. The molecule has 0 aliphatic heterocycles. The van der Waals surface area contributed by atoms with Gasteiger partial charge in [-0.1, -0.05) is 39.3 Å². The molecule has 1 N–H and O–H groups in total. The SMILES string of the molecule is CC(Sc1nnc(-c2ccc(Br)cc2)o1)C(=O)Nc1ccc(Cl)cc1. The van der Waals surface area contributed by atoms with Gasteiger partial charge in [0, 0.05) is 20.7 Å². The van der Waals surface area contributed by atoms with Crippen molar-refractivity contribution in [1.82, 2.24) is 10.2 Å². The zero-order chi connectivity index (χ0) is 17.8. The molecule has 0 aliphatic carbocycles. The molecule has 1 unspecified atom stereocenters. The number of carbonyl (C=O) groups excluding carboxylic acids is 1. The van der Waals surface area contributed by atoms with Crippen LogP contribution in [0.3, 0.4) is 0 Å². The Labute approximate surface area is 162 Å². The van der Waals surface area contributed by atoms with Crippen molar-refractivity contribution in [2.75, 3.05) is 5.32 Å². The largest absolute Gasteiger partial charge is 0.411 e. The third kappa shape index (κ3) is 4.84. The molecule has 0 bridgehead atoms. The molecule has 1 atom stereocenters. The fourth-order valence-corrected chi connectivity index (χ4v) is 3.02. The van der Waals surface area contributed by atoms with Crippen LogP contribution in [0.5, 0.6) is 0 Å². The first-order valence-electron chi connectivity index (χ1n) is 7.34. The Morgan fingerprint density at radius 3 is 2.52 bits per heavy atom. The molecular formula is C17H13BrClN3O2S. The van der Waals surface area contributed by atoms with Crippen LogP contribution in [0.25, 0.3) is 11.5 Å². The molecule has 0 aliphatic rings. The van der Waals surface area contributed by atoms with Crippen LogP contribution in [-0.2, 0) is 4.79 Å². The summed E-state index contributed by atoms with van der Waals surface area (Å²) in [5.74, 6) is 0.260. The average Bonchev–Trinajstić information content (AvgIpc) is 3.06. The second-order valence-corrected chi connectivity index (χ2v) is 7.78. The van der Waals surface area contributed by atoms with E-state index in [2.05, 4.69) is 31.4 Å². The Balaban J connectivity index is 1.62. The number of amides is 1. The van der Waals surface area contributed by atoms with Crippen LogP contribution in [0, 0.1) is 0 Å². The Morgan fingerprint density at radius 2 is 1.84 bits per heavy atom. The van der Waals surface area contributed by atoms with Crippen LogP contribution >= 0.6 is 39.3 Å². The Hall–Kier alpha value is -1.83. The summed E-state index contributed by atoms with van der Waals surface area (Å²) in [6, 6.07) is 14.5. The molecule has 3 aromatic rings. The highest BCUT2D eigenvalue weighted by atomic mass is 79.9. The Kier molecular flexibility index (Phi) is 5.78. The van der Waals surface area contributed by atoms with Gasteiger partial charge in [-0.2, -0.15) is 0 Å². The van der Waals surface area contributed by atoms with Crippen molar-refractivity contribution < 1.29 is 9.21 Å². The lowest BCUT2D eigenvalue weighted by atomic mass is 10.2. The summed E-state index contributed by atoms with van der Waals surface area (Å²) >= 11 is 10.4. The Bertz CT molecular complexity index is 868. The minimum atomic E-state index is -0.395. The lowest BCUT2D eigenvalue weighted by Gasteiger charge is -2.09. The second-order valence-electron chi connectivity index (χ2n) is 5.14. The van der Waals surface area contributed by atoms with E-state index >= 15 is 0 Å². The number of benzene rings is 2. The maximum Gasteiger partial charge on any atom is 0.277 e. The number of halogens is 2. The summed E-state index contributed by atoms with van der Waals surface area (Å²) < 4.78 is 6.59. The van der Waals surface area contributed by atoms with Crippen molar-refractivity contribution in [2.24, 2.45) is 0 Å². The van der Waals surface area contributed by atoms with Crippen molar-refractivity contribution in [3.05, 3.63) is 58.0 Å². The number of nitrogens with one attached hydrogen (secondary N) is 1. The third-order valence-electron chi connectivity index (χ3n) is 3.26. The highest BCUT2D eigenvalue weighted by Gasteiger charge is 2.19. The van der Waals surface area contributed by atoms with E-state index in [9.17, 15) is 4.79 Å². The van der Waals surface area contributed by atoms with Gasteiger partial charge in [-0.05, 0) is 55.5 Å². The van der Waals surface area contributed by atoms with Crippen LogP contribution in [-0.4, -0.2) is 21.4 Å². The van der Waals surface area contributed by atoms with Crippen molar-refractivity contribution in [2.45, 2.75) is 17.4 Å². The molecule has 2 aromatic carbocycles. The topological polar surface area (TPSA) is 68.0 Å². The summed E-state index contributed by atoms with van der Waals surface area (Å²) in [5.41, 5.74) is 1.50. The minimum absolute atomic E-state index is 0.157. The number of rotatable bonds is 5. The molecule has 5 nitrogen and oxygen atoms in total. The first kappa shape index (κ1) is 18.0. The van der Waals surface area contributed by atoms with Crippen LogP contribution < -0.4 is 5.32 Å². The average molecular weight is 439 g/mol. The van der Waals surface area contributed by atoms with Gasteiger partial charge in [-0.25, -0.2) is 0 Å². The molecule has 0 radical (unpaired) electrons. The van der Waals surface area contributed by atoms with Crippen molar-refractivity contribution in [3.8, 4) is 11.5 Å². The number of carbonyl (C=O) groups is 1. The maximum absolute atomic E-state index is 12.3. The summed E-state index contributed by atoms with van der Waals surface area (Å²) in [6.07, 6.45) is 0. The van der Waals surface area contributed by atoms with Gasteiger partial charge in [0.15, 0.2) is 0 Å². The van der Waals surface area contributed by atoms with Crippen LogP contribution in [0.15, 0.2) is 62.6 Å². The molecule has 8 heteroatoms. The molecule has 128 valence electrons. The highest BCUT2D eigenvalue weighted by molar-refractivity contribution is 9.10. The fourth-order valence-electron chi connectivity index (χ4n) is 1.95. The van der Waals surface area contributed by atoms with Gasteiger partial charge in [0.05, 0.1) is 5.25 Å². The molecule has 0 saturated heterocycles. The zero-order valence-electron chi connectivity index (χ0n) is 13.1. The van der Waals surface area contributed by atoms with E-state index in [-0.39, 0.29) is 5.91 Å². The molecule has 1 amide bonds. The summed E-state index contributed by atoms with van der Waals surface area (Å²) in [5, 5.41) is 11.4. The predicted molar refractivity (Wildman–Crippen MR) is 103 cm³/mol. The second kappa shape index (κ2) is 8.03. The molecule has 1 aromatic heterocycles. The summed E-state index contributed by atoms with van der Waals surface area (Å²) in [4.78, 5) is 12.3. The van der Waals surface area contributed by atoms with Crippen molar-refractivity contribution in [3.63, 3.8) is 0 Å². The van der Waals surface area contributed by atoms with Gasteiger partial charge in [0.1, 0.15) is 0 Å². The van der Waals surface area contributed by atoms with E-state index in [0.717, 1.165) is 10.0 Å². The minimum Gasteiger partial charge on any atom is -0.411 e. The van der Waals surface area contributed by atoms with E-state index < -0.39 is 5.25 Å². The van der Waals surface area contributed by atoms with E-state index in [0.29, 0.717) is 21.8 Å². The first-order valence-corrected chi connectivity index (χ1v) is 9.39. The third-order valence-corrected chi connectivity index (χ3v) is 4.97. The summed E-state index contributed by atoms with van der Waals surface area (Å²) in [6.45, 7) is 1.78. The van der Waals surface area contributed by atoms with E-state index in [4.69, 9.17) is 16.0 Å². The smallest absolute Gasteiger partial charge is 0.277 e. The molecule has 25 heavy (non-hydrogen) atoms. The first-order chi connectivity index (χ1) is 12.0. The van der Waals surface area contributed by atoms with E-state index in [1.807, 2.05) is 24.3 Å². The number of thioether (sulfide) groups is 1. The number of anilines is 1. The lowest BCUT2D eigenvalue weighted by Crippen LogP contribution is -2.22. The van der Waals surface area contributed by atoms with Crippen molar-refractivity contribution >= 4 is 50.9 Å². The Morgan fingerprint density at radius 1 is 1.16 bits per heavy atom. The van der Waals surface area contributed by atoms with Gasteiger partial charge in [0.25, 0.3) is 5.22 Å². The molecule has 3 rings (SSSR count). The van der Waals surface area contributed by atoms with Gasteiger partial charge in [0.2, 0.25) is 11.8 Å². The highest BCUT2D eigenvalue weighted by Crippen LogP contribution is 2.27. The van der Waals surface area contributed by atoms with Gasteiger partial charge < -0.3 is 9.73 Å². The summed E-state index contributed by atoms with van der Waals surface area (Å²) in [7, 11) is 0.